The first kappa shape index (κ1) is 23.5. The van der Waals surface area contributed by atoms with Crippen LogP contribution >= 0.6 is 11.6 Å². The molecule has 0 fully saturated rings. The van der Waals surface area contributed by atoms with Gasteiger partial charge in [0, 0.05) is 32.8 Å². The number of carbonyl (C=O) groups excluding carboxylic acids is 1. The highest BCUT2D eigenvalue weighted by atomic mass is 35.5. The quantitative estimate of drug-likeness (QED) is 0.505. The Hall–Kier alpha value is -3.66. The van der Waals surface area contributed by atoms with Crippen LogP contribution in [-0.4, -0.2) is 45.7 Å². The fraction of sp³-hybridized carbons (Fsp3) is 0.348. The SMILES string of the molecule is CCOC(=O)c1cnc(N2CCc3ncn(C)c(=O)c3C2)nc1NCc1ccc(OC)c(Cl)c1. The number of anilines is 2. The number of nitrogens with zero attached hydrogens (tertiary/aromatic N) is 5. The molecule has 0 unspecified atom stereocenters. The van der Waals surface area contributed by atoms with Crippen LogP contribution in [0.15, 0.2) is 35.5 Å². The molecule has 1 aliphatic rings. The van der Waals surface area contributed by atoms with E-state index in [0.717, 1.165) is 11.3 Å². The van der Waals surface area contributed by atoms with Gasteiger partial charge in [0.15, 0.2) is 0 Å². The first-order chi connectivity index (χ1) is 16.4. The molecule has 0 spiro atoms. The number of fused-ring (bicyclic) bond motifs is 1. The zero-order chi connectivity index (χ0) is 24.2. The summed E-state index contributed by atoms with van der Waals surface area (Å²) in [7, 11) is 3.23. The molecule has 4 rings (SSSR count). The maximum atomic E-state index is 12.6. The molecule has 10 nitrogen and oxygen atoms in total. The van der Waals surface area contributed by atoms with Gasteiger partial charge in [0.1, 0.15) is 17.1 Å². The summed E-state index contributed by atoms with van der Waals surface area (Å²) in [6.07, 6.45) is 3.58. The van der Waals surface area contributed by atoms with Crippen molar-refractivity contribution in [3.8, 4) is 5.75 Å². The highest BCUT2D eigenvalue weighted by Crippen LogP contribution is 2.26. The van der Waals surface area contributed by atoms with Crippen molar-refractivity contribution < 1.29 is 14.3 Å². The molecule has 1 N–H and O–H groups in total. The van der Waals surface area contributed by atoms with Crippen molar-refractivity contribution in [3.63, 3.8) is 0 Å². The summed E-state index contributed by atoms with van der Waals surface area (Å²) >= 11 is 6.23. The number of esters is 1. The normalized spacial score (nSPS) is 12.8. The third-order valence-corrected chi connectivity index (χ3v) is 5.81. The molecule has 1 aromatic carbocycles. The Bertz CT molecular complexity index is 1280. The van der Waals surface area contributed by atoms with E-state index in [1.807, 2.05) is 11.0 Å². The molecule has 11 heteroatoms. The Morgan fingerprint density at radius 1 is 1.29 bits per heavy atom. The number of nitrogens with one attached hydrogen (secondary N) is 1. The van der Waals surface area contributed by atoms with Gasteiger partial charge in [-0.1, -0.05) is 17.7 Å². The number of ether oxygens (including phenoxy) is 2. The predicted octanol–water partition coefficient (Wildman–Crippen LogP) is 2.58. The minimum atomic E-state index is -0.522. The van der Waals surface area contributed by atoms with Crippen LogP contribution in [0.2, 0.25) is 5.02 Å². The molecule has 34 heavy (non-hydrogen) atoms. The van der Waals surface area contributed by atoms with Gasteiger partial charge in [-0.25, -0.2) is 14.8 Å². The standard InChI is InChI=1S/C23H25ClN6O4/c1-4-34-22(32)15-11-26-23(30-8-7-18-16(12-30)21(31)29(2)13-27-18)28-20(15)25-10-14-5-6-19(33-3)17(24)9-14/h5-6,9,11,13H,4,7-8,10,12H2,1-3H3,(H,25,26,28). The third kappa shape index (κ3) is 4.81. The monoisotopic (exact) mass is 484 g/mol. The summed E-state index contributed by atoms with van der Waals surface area (Å²) in [5.74, 6) is 0.791. The number of carbonyl (C=O) groups is 1. The van der Waals surface area contributed by atoms with Gasteiger partial charge < -0.3 is 24.3 Å². The molecule has 0 radical (unpaired) electrons. The number of benzene rings is 1. The van der Waals surface area contributed by atoms with Crippen LogP contribution < -0.4 is 20.5 Å². The maximum absolute atomic E-state index is 12.6. The summed E-state index contributed by atoms with van der Waals surface area (Å²) < 4.78 is 11.8. The second-order valence-electron chi connectivity index (χ2n) is 7.73. The van der Waals surface area contributed by atoms with Gasteiger partial charge in [-0.15, -0.1) is 0 Å². The summed E-state index contributed by atoms with van der Waals surface area (Å²) in [5.41, 5.74) is 2.42. The molecule has 0 bridgehead atoms. The van der Waals surface area contributed by atoms with E-state index < -0.39 is 5.97 Å². The van der Waals surface area contributed by atoms with E-state index in [1.165, 1.54) is 17.1 Å². The number of aromatic nitrogens is 4. The molecule has 3 heterocycles. The van der Waals surface area contributed by atoms with Crippen LogP contribution in [0, 0.1) is 0 Å². The van der Waals surface area contributed by atoms with E-state index in [1.54, 1.807) is 33.2 Å². The van der Waals surface area contributed by atoms with Crippen molar-refractivity contribution in [3.05, 3.63) is 68.5 Å². The molecule has 0 atom stereocenters. The van der Waals surface area contributed by atoms with Crippen LogP contribution in [0.1, 0.15) is 34.1 Å². The number of hydrogen-bond acceptors (Lipinski definition) is 9. The lowest BCUT2D eigenvalue weighted by Crippen LogP contribution is -2.38. The average molecular weight is 485 g/mol. The fourth-order valence-corrected chi connectivity index (χ4v) is 3.98. The van der Waals surface area contributed by atoms with Crippen molar-refractivity contribution >= 4 is 29.3 Å². The zero-order valence-electron chi connectivity index (χ0n) is 19.2. The van der Waals surface area contributed by atoms with Crippen molar-refractivity contribution in [1.82, 2.24) is 19.5 Å². The maximum Gasteiger partial charge on any atom is 0.343 e. The van der Waals surface area contributed by atoms with Crippen LogP contribution in [0.4, 0.5) is 11.8 Å². The Morgan fingerprint density at radius 2 is 2.12 bits per heavy atom. The highest BCUT2D eigenvalue weighted by molar-refractivity contribution is 6.32. The van der Waals surface area contributed by atoms with Gasteiger partial charge in [0.2, 0.25) is 5.95 Å². The van der Waals surface area contributed by atoms with E-state index in [-0.39, 0.29) is 17.7 Å². The topological polar surface area (TPSA) is 111 Å². The third-order valence-electron chi connectivity index (χ3n) is 5.51. The minimum Gasteiger partial charge on any atom is -0.495 e. The molecule has 0 aliphatic carbocycles. The number of aryl methyl sites for hydroxylation is 1. The average Bonchev–Trinajstić information content (AvgIpc) is 2.85. The molecule has 178 valence electrons. The number of hydrogen-bond donors (Lipinski definition) is 1. The van der Waals surface area contributed by atoms with Crippen molar-refractivity contribution in [1.29, 1.82) is 0 Å². The lowest BCUT2D eigenvalue weighted by Gasteiger charge is -2.28. The lowest BCUT2D eigenvalue weighted by molar-refractivity contribution is 0.0526. The van der Waals surface area contributed by atoms with Crippen LogP contribution in [0.5, 0.6) is 5.75 Å². The van der Waals surface area contributed by atoms with Gasteiger partial charge in [0.05, 0.1) is 42.9 Å². The molecular weight excluding hydrogens is 460 g/mol. The van der Waals surface area contributed by atoms with Crippen molar-refractivity contribution in [2.45, 2.75) is 26.4 Å². The second kappa shape index (κ2) is 10.1. The Balaban J connectivity index is 1.62. The van der Waals surface area contributed by atoms with E-state index >= 15 is 0 Å². The van der Waals surface area contributed by atoms with E-state index in [9.17, 15) is 9.59 Å². The van der Waals surface area contributed by atoms with Gasteiger partial charge in [-0.2, -0.15) is 4.98 Å². The Morgan fingerprint density at radius 3 is 2.85 bits per heavy atom. The van der Waals surface area contributed by atoms with E-state index in [2.05, 4.69) is 20.3 Å². The molecule has 0 saturated heterocycles. The smallest absolute Gasteiger partial charge is 0.343 e. The number of methoxy groups -OCH3 is 1. The first-order valence-corrected chi connectivity index (χ1v) is 11.2. The lowest BCUT2D eigenvalue weighted by atomic mass is 10.1. The van der Waals surface area contributed by atoms with E-state index in [0.29, 0.717) is 54.2 Å². The van der Waals surface area contributed by atoms with Crippen LogP contribution in [0.25, 0.3) is 0 Å². The van der Waals surface area contributed by atoms with Gasteiger partial charge in [0.25, 0.3) is 5.56 Å². The summed E-state index contributed by atoms with van der Waals surface area (Å²) in [4.78, 5) is 40.3. The Kier molecular flexibility index (Phi) is 6.97. The number of rotatable bonds is 7. The molecule has 2 aromatic heterocycles. The fourth-order valence-electron chi connectivity index (χ4n) is 3.70. The summed E-state index contributed by atoms with van der Waals surface area (Å²) in [6.45, 7) is 3.26. The summed E-state index contributed by atoms with van der Waals surface area (Å²) in [5, 5.41) is 3.68. The van der Waals surface area contributed by atoms with Gasteiger partial charge >= 0.3 is 5.97 Å². The van der Waals surface area contributed by atoms with E-state index in [4.69, 9.17) is 21.1 Å². The largest absolute Gasteiger partial charge is 0.495 e. The summed E-state index contributed by atoms with van der Waals surface area (Å²) in [6, 6.07) is 5.43. The van der Waals surface area contributed by atoms with Gasteiger partial charge in [-0.05, 0) is 24.6 Å². The van der Waals surface area contributed by atoms with Gasteiger partial charge in [-0.3, -0.25) is 4.79 Å². The Labute approximate surface area is 201 Å². The predicted molar refractivity (Wildman–Crippen MR) is 128 cm³/mol. The number of halogens is 1. The van der Waals surface area contributed by atoms with Crippen molar-refractivity contribution in [2.24, 2.45) is 7.05 Å². The molecule has 1 aliphatic heterocycles. The molecular formula is C23H25ClN6O4. The highest BCUT2D eigenvalue weighted by Gasteiger charge is 2.24. The van der Waals surface area contributed by atoms with Crippen molar-refractivity contribution in [2.75, 3.05) is 30.5 Å². The second-order valence-corrected chi connectivity index (χ2v) is 8.14. The minimum absolute atomic E-state index is 0.0902. The molecule has 3 aromatic rings. The first-order valence-electron chi connectivity index (χ1n) is 10.8. The molecule has 0 amide bonds. The zero-order valence-corrected chi connectivity index (χ0v) is 19.9. The van der Waals surface area contributed by atoms with Crippen LogP contribution in [-0.2, 0) is 31.3 Å². The van der Waals surface area contributed by atoms with Crippen LogP contribution in [0.3, 0.4) is 0 Å². The molecule has 0 saturated carbocycles.